The zero-order valence-electron chi connectivity index (χ0n) is 9.20. The topological polar surface area (TPSA) is 52.0 Å². The number of nitrogens with zero attached hydrogens (tertiary/aromatic N) is 1. The highest BCUT2D eigenvalue weighted by Crippen LogP contribution is 2.28. The van der Waals surface area contributed by atoms with E-state index in [2.05, 4.69) is 20.9 Å². The minimum Gasteiger partial charge on any atom is -0.466 e. The van der Waals surface area contributed by atoms with Gasteiger partial charge in [-0.2, -0.15) is 0 Å². The second-order valence-electron chi connectivity index (χ2n) is 3.79. The molecule has 1 atom stereocenters. The van der Waals surface area contributed by atoms with E-state index in [4.69, 9.17) is 10.2 Å². The van der Waals surface area contributed by atoms with Gasteiger partial charge in [-0.05, 0) is 53.5 Å². The lowest BCUT2D eigenvalue weighted by molar-refractivity contribution is 0.487. The van der Waals surface area contributed by atoms with Crippen molar-refractivity contribution >= 4 is 15.9 Å². The molecule has 0 fully saturated rings. The highest BCUT2D eigenvalue weighted by molar-refractivity contribution is 9.10. The lowest BCUT2D eigenvalue weighted by atomic mass is 10.0. The molecule has 0 aliphatic rings. The molecular formula is C12H13BrN2O. The van der Waals surface area contributed by atoms with Gasteiger partial charge in [-0.1, -0.05) is 0 Å². The number of hydrogen-bond donors (Lipinski definition) is 1. The van der Waals surface area contributed by atoms with Crippen LogP contribution >= 0.6 is 15.9 Å². The first-order chi connectivity index (χ1) is 7.58. The Hall–Kier alpha value is -1.13. The fraction of sp³-hybridized carbons (Fsp3) is 0.250. The summed E-state index contributed by atoms with van der Waals surface area (Å²) < 4.78 is 6.26. The van der Waals surface area contributed by atoms with Crippen LogP contribution in [0.4, 0.5) is 0 Å². The lowest BCUT2D eigenvalue weighted by Gasteiger charge is -2.11. The molecule has 0 aliphatic carbocycles. The Labute approximate surface area is 103 Å². The summed E-state index contributed by atoms with van der Waals surface area (Å²) in [5.74, 6) is 0.741. The largest absolute Gasteiger partial charge is 0.466 e. The van der Waals surface area contributed by atoms with Crippen LogP contribution in [0.1, 0.15) is 28.8 Å². The standard InChI is InChI=1S/C12H13BrN2O/c1-7-5-9(6-8(2)15-7)11(14)12-10(13)3-4-16-12/h3-6,11H,14H2,1-2H3. The number of halogens is 1. The monoisotopic (exact) mass is 280 g/mol. The molecule has 3 nitrogen and oxygen atoms in total. The van der Waals surface area contributed by atoms with Crippen LogP contribution in [0.5, 0.6) is 0 Å². The van der Waals surface area contributed by atoms with Crippen molar-refractivity contribution in [3.05, 3.63) is 51.6 Å². The molecule has 0 radical (unpaired) electrons. The van der Waals surface area contributed by atoms with Crippen molar-refractivity contribution < 1.29 is 4.42 Å². The van der Waals surface area contributed by atoms with Crippen molar-refractivity contribution in [3.63, 3.8) is 0 Å². The predicted octanol–water partition coefficient (Wildman–Crippen LogP) is 3.10. The van der Waals surface area contributed by atoms with E-state index in [1.807, 2.05) is 32.0 Å². The van der Waals surface area contributed by atoms with Gasteiger partial charge in [0.05, 0.1) is 16.8 Å². The Morgan fingerprint density at radius 3 is 2.44 bits per heavy atom. The van der Waals surface area contributed by atoms with Gasteiger partial charge in [-0.3, -0.25) is 4.98 Å². The molecule has 0 saturated carbocycles. The van der Waals surface area contributed by atoms with Crippen molar-refractivity contribution in [2.75, 3.05) is 0 Å². The van der Waals surface area contributed by atoms with Crippen LogP contribution in [0.2, 0.25) is 0 Å². The fourth-order valence-corrected chi connectivity index (χ4v) is 2.17. The highest BCUT2D eigenvalue weighted by atomic mass is 79.9. The van der Waals surface area contributed by atoms with Gasteiger partial charge in [0.25, 0.3) is 0 Å². The average Bonchev–Trinajstić information content (AvgIpc) is 2.62. The second kappa shape index (κ2) is 4.39. The summed E-state index contributed by atoms with van der Waals surface area (Å²) in [6, 6.07) is 5.54. The Morgan fingerprint density at radius 1 is 1.31 bits per heavy atom. The van der Waals surface area contributed by atoms with Gasteiger partial charge >= 0.3 is 0 Å². The second-order valence-corrected chi connectivity index (χ2v) is 4.65. The lowest BCUT2D eigenvalue weighted by Crippen LogP contribution is -2.12. The van der Waals surface area contributed by atoms with E-state index in [9.17, 15) is 0 Å². The van der Waals surface area contributed by atoms with E-state index < -0.39 is 0 Å². The van der Waals surface area contributed by atoms with Crippen LogP contribution in [0, 0.1) is 13.8 Å². The quantitative estimate of drug-likeness (QED) is 0.920. The third-order valence-electron chi connectivity index (χ3n) is 2.39. The van der Waals surface area contributed by atoms with Gasteiger partial charge < -0.3 is 10.2 Å². The molecule has 0 aliphatic heterocycles. The molecule has 16 heavy (non-hydrogen) atoms. The summed E-state index contributed by atoms with van der Waals surface area (Å²) in [5, 5.41) is 0. The van der Waals surface area contributed by atoms with Crippen LogP contribution in [0.25, 0.3) is 0 Å². The first-order valence-corrected chi connectivity index (χ1v) is 5.81. The van der Waals surface area contributed by atoms with Crippen LogP contribution in [-0.4, -0.2) is 4.98 Å². The number of pyridine rings is 1. The molecule has 0 aromatic carbocycles. The van der Waals surface area contributed by atoms with E-state index in [0.717, 1.165) is 27.2 Å². The van der Waals surface area contributed by atoms with Crippen molar-refractivity contribution in [2.45, 2.75) is 19.9 Å². The van der Waals surface area contributed by atoms with Crippen LogP contribution in [-0.2, 0) is 0 Å². The fourth-order valence-electron chi connectivity index (χ4n) is 1.73. The Bertz CT molecular complexity index is 487. The first kappa shape index (κ1) is 11.4. The Kier molecular flexibility index (Phi) is 3.12. The summed E-state index contributed by atoms with van der Waals surface area (Å²) in [6.07, 6.45) is 1.63. The SMILES string of the molecule is Cc1cc(C(N)c2occc2Br)cc(C)n1. The number of rotatable bonds is 2. The van der Waals surface area contributed by atoms with Crippen molar-refractivity contribution in [1.82, 2.24) is 4.98 Å². The Morgan fingerprint density at radius 2 is 1.94 bits per heavy atom. The number of aromatic nitrogens is 1. The molecule has 84 valence electrons. The van der Waals surface area contributed by atoms with Gasteiger partial charge in [-0.25, -0.2) is 0 Å². The molecule has 0 bridgehead atoms. The number of furan rings is 1. The van der Waals surface area contributed by atoms with Crippen molar-refractivity contribution in [2.24, 2.45) is 5.73 Å². The van der Waals surface area contributed by atoms with E-state index in [-0.39, 0.29) is 6.04 Å². The van der Waals surface area contributed by atoms with Gasteiger partial charge in [-0.15, -0.1) is 0 Å². The first-order valence-electron chi connectivity index (χ1n) is 5.01. The maximum absolute atomic E-state index is 6.15. The minimum absolute atomic E-state index is 0.259. The summed E-state index contributed by atoms with van der Waals surface area (Å²) >= 11 is 3.41. The molecule has 4 heteroatoms. The molecule has 1 unspecified atom stereocenters. The zero-order valence-corrected chi connectivity index (χ0v) is 10.8. The summed E-state index contributed by atoms with van der Waals surface area (Å²) in [7, 11) is 0. The van der Waals surface area contributed by atoms with Gasteiger partial charge in [0.15, 0.2) is 0 Å². The molecule has 2 N–H and O–H groups in total. The van der Waals surface area contributed by atoms with Gasteiger partial charge in [0, 0.05) is 11.4 Å². The van der Waals surface area contributed by atoms with Crippen molar-refractivity contribution in [3.8, 4) is 0 Å². The molecule has 2 aromatic rings. The summed E-state index contributed by atoms with van der Waals surface area (Å²) in [4.78, 5) is 4.32. The molecule has 0 amide bonds. The smallest absolute Gasteiger partial charge is 0.139 e. The van der Waals surface area contributed by atoms with Crippen LogP contribution < -0.4 is 5.73 Å². The maximum Gasteiger partial charge on any atom is 0.139 e. The molecule has 2 heterocycles. The number of aryl methyl sites for hydroxylation is 2. The predicted molar refractivity (Wildman–Crippen MR) is 66.1 cm³/mol. The van der Waals surface area contributed by atoms with Gasteiger partial charge in [0.1, 0.15) is 5.76 Å². The summed E-state index contributed by atoms with van der Waals surface area (Å²) in [6.45, 7) is 3.92. The van der Waals surface area contributed by atoms with Crippen LogP contribution in [0.15, 0.2) is 33.4 Å². The Balaban J connectivity index is 2.41. The van der Waals surface area contributed by atoms with Crippen molar-refractivity contribution in [1.29, 1.82) is 0 Å². The van der Waals surface area contributed by atoms with Crippen LogP contribution in [0.3, 0.4) is 0 Å². The molecule has 2 aromatic heterocycles. The third kappa shape index (κ3) is 2.18. The van der Waals surface area contributed by atoms with E-state index in [1.54, 1.807) is 6.26 Å². The minimum atomic E-state index is -0.259. The summed E-state index contributed by atoms with van der Waals surface area (Å²) in [5.41, 5.74) is 9.09. The molecule has 0 spiro atoms. The van der Waals surface area contributed by atoms with E-state index in [0.29, 0.717) is 0 Å². The van der Waals surface area contributed by atoms with E-state index in [1.165, 1.54) is 0 Å². The number of nitrogens with two attached hydrogens (primary N) is 1. The zero-order chi connectivity index (χ0) is 11.7. The normalized spacial score (nSPS) is 12.8. The van der Waals surface area contributed by atoms with Gasteiger partial charge in [0.2, 0.25) is 0 Å². The number of hydrogen-bond acceptors (Lipinski definition) is 3. The molecular weight excluding hydrogens is 268 g/mol. The highest BCUT2D eigenvalue weighted by Gasteiger charge is 2.16. The molecule has 0 saturated heterocycles. The maximum atomic E-state index is 6.15. The van der Waals surface area contributed by atoms with E-state index >= 15 is 0 Å². The average molecular weight is 281 g/mol. The molecule has 2 rings (SSSR count). The third-order valence-corrected chi connectivity index (χ3v) is 3.05.